The Morgan fingerprint density at radius 3 is 1.75 bits per heavy atom. The van der Waals surface area contributed by atoms with E-state index in [4.69, 9.17) is 23.5 Å². The molecule has 296 valence electrons. The van der Waals surface area contributed by atoms with Crippen LogP contribution in [0.15, 0.2) is 85.1 Å². The van der Waals surface area contributed by atoms with Gasteiger partial charge in [0.15, 0.2) is 6.29 Å². The molecule has 1 fully saturated rings. The van der Waals surface area contributed by atoms with Crippen LogP contribution in [-0.2, 0) is 38.3 Å². The first-order chi connectivity index (χ1) is 25.1. The van der Waals surface area contributed by atoms with E-state index in [9.17, 15) is 28.5 Å². The van der Waals surface area contributed by atoms with Crippen molar-refractivity contribution in [2.45, 2.75) is 128 Å². The van der Waals surface area contributed by atoms with Crippen LogP contribution in [-0.4, -0.2) is 97.5 Å². The Hall–Kier alpha value is -2.72. The maximum Gasteiger partial charge on any atom is 0.397 e. The molecule has 0 aromatic rings. The van der Waals surface area contributed by atoms with Crippen molar-refractivity contribution < 1.29 is 56.2 Å². The first-order valence-corrected chi connectivity index (χ1v) is 19.7. The standard InChI is InChI=1S/C39H62O12S/c1-3-5-6-7-8-9-10-11-12-13-14-15-16-17-18-19-20-21-22-23-24-25-26-27-29-47-31-33(49-35(41)28-4-2)32-48-39-37(43)38(51-52(44,45)46)36(42)34(30-40)50-39/h5-6,8-9,11-12,14-15,17-18,20-21,23-24,33-34,36-40,42-43H,3-4,7,10,13,16,19,22,25-32H2,1-2H3,(H,44,45,46)/b6-5-,9-8-,12-11-,15-14-,18-17-,21-20-,24-23-. The Labute approximate surface area is 311 Å². The van der Waals surface area contributed by atoms with Crippen molar-refractivity contribution in [2.24, 2.45) is 0 Å². The second-order valence-electron chi connectivity index (χ2n) is 12.1. The Morgan fingerprint density at radius 1 is 0.750 bits per heavy atom. The van der Waals surface area contributed by atoms with Crippen molar-refractivity contribution in [3.05, 3.63) is 85.1 Å². The minimum absolute atomic E-state index is 0.00616. The summed E-state index contributed by atoms with van der Waals surface area (Å²) in [6.07, 6.45) is 31.1. The van der Waals surface area contributed by atoms with E-state index in [-0.39, 0.29) is 19.6 Å². The van der Waals surface area contributed by atoms with Crippen molar-refractivity contribution in [1.82, 2.24) is 0 Å². The molecule has 0 amide bonds. The summed E-state index contributed by atoms with van der Waals surface area (Å²) >= 11 is 0. The normalized spacial score (nSPS) is 22.5. The number of carbonyl (C=O) groups excluding carboxylic acids is 1. The molecule has 6 atom stereocenters. The summed E-state index contributed by atoms with van der Waals surface area (Å²) in [4.78, 5) is 12.1. The van der Waals surface area contributed by atoms with E-state index in [0.717, 1.165) is 64.2 Å². The number of hydrogen-bond acceptors (Lipinski definition) is 11. The topological polar surface area (TPSA) is 178 Å². The van der Waals surface area contributed by atoms with Gasteiger partial charge in [0.25, 0.3) is 0 Å². The molecule has 1 rings (SSSR count). The fraction of sp³-hybridized carbons (Fsp3) is 0.615. The minimum Gasteiger partial charge on any atom is -0.457 e. The molecule has 1 aliphatic heterocycles. The quantitative estimate of drug-likeness (QED) is 0.0296. The zero-order chi connectivity index (χ0) is 38.3. The molecule has 0 radical (unpaired) electrons. The molecular weight excluding hydrogens is 692 g/mol. The SMILES string of the molecule is CC/C=C\C/C=C\C/C=C\C/C=C\C/C=C\C/C=C\C/C=C\CCCCOCC(COC1OC(CO)C(O)C(OS(=O)(=O)O)C1O)OC(=O)CCC. The van der Waals surface area contributed by atoms with E-state index < -0.39 is 59.8 Å². The van der Waals surface area contributed by atoms with Gasteiger partial charge in [0, 0.05) is 13.0 Å². The van der Waals surface area contributed by atoms with Gasteiger partial charge in [0.2, 0.25) is 0 Å². The lowest BCUT2D eigenvalue weighted by Crippen LogP contribution is -2.60. The van der Waals surface area contributed by atoms with Gasteiger partial charge >= 0.3 is 16.4 Å². The van der Waals surface area contributed by atoms with Crippen molar-refractivity contribution in [3.8, 4) is 0 Å². The molecule has 6 unspecified atom stereocenters. The predicted octanol–water partition coefficient (Wildman–Crippen LogP) is 6.17. The third-order valence-electron chi connectivity index (χ3n) is 7.50. The van der Waals surface area contributed by atoms with Crippen LogP contribution in [0.2, 0.25) is 0 Å². The van der Waals surface area contributed by atoms with Crippen LogP contribution < -0.4 is 0 Å². The summed E-state index contributed by atoms with van der Waals surface area (Å²) < 4.78 is 57.8. The van der Waals surface area contributed by atoms with Gasteiger partial charge in [-0.1, -0.05) is 98.9 Å². The number of hydrogen-bond donors (Lipinski definition) is 4. The highest BCUT2D eigenvalue weighted by Crippen LogP contribution is 2.25. The molecule has 0 spiro atoms. The number of ether oxygens (including phenoxy) is 4. The second-order valence-corrected chi connectivity index (χ2v) is 13.1. The van der Waals surface area contributed by atoms with Crippen LogP contribution in [0, 0.1) is 0 Å². The van der Waals surface area contributed by atoms with E-state index in [1.165, 1.54) is 0 Å². The average molecular weight is 755 g/mol. The van der Waals surface area contributed by atoms with Gasteiger partial charge in [-0.3, -0.25) is 9.35 Å². The zero-order valence-corrected chi connectivity index (χ0v) is 31.6. The number of allylic oxidation sites excluding steroid dienone is 14. The van der Waals surface area contributed by atoms with Crippen LogP contribution in [0.4, 0.5) is 0 Å². The van der Waals surface area contributed by atoms with E-state index in [0.29, 0.717) is 13.0 Å². The Balaban J connectivity index is 2.27. The Bertz CT molecular complexity index is 1240. The average Bonchev–Trinajstić information content (AvgIpc) is 3.10. The van der Waals surface area contributed by atoms with Gasteiger partial charge in [-0.2, -0.15) is 8.42 Å². The maximum absolute atomic E-state index is 12.1. The number of esters is 1. The lowest BCUT2D eigenvalue weighted by Gasteiger charge is -2.41. The zero-order valence-electron chi connectivity index (χ0n) is 30.8. The van der Waals surface area contributed by atoms with E-state index in [1.807, 2.05) is 6.92 Å². The smallest absolute Gasteiger partial charge is 0.397 e. The molecule has 1 saturated heterocycles. The summed E-state index contributed by atoms with van der Waals surface area (Å²) in [6.45, 7) is 3.31. The molecular formula is C39H62O12S. The summed E-state index contributed by atoms with van der Waals surface area (Å²) in [6, 6.07) is 0. The van der Waals surface area contributed by atoms with Crippen LogP contribution >= 0.6 is 0 Å². The molecule has 1 heterocycles. The molecule has 0 aromatic carbocycles. The number of aliphatic hydroxyl groups excluding tert-OH is 3. The third kappa shape index (κ3) is 24.5. The van der Waals surface area contributed by atoms with Gasteiger partial charge in [-0.15, -0.1) is 0 Å². The van der Waals surface area contributed by atoms with Crippen LogP contribution in [0.1, 0.15) is 90.9 Å². The van der Waals surface area contributed by atoms with Crippen LogP contribution in [0.3, 0.4) is 0 Å². The van der Waals surface area contributed by atoms with Gasteiger partial charge in [0.1, 0.15) is 30.5 Å². The van der Waals surface area contributed by atoms with E-state index in [2.05, 4.69) is 96.2 Å². The maximum atomic E-state index is 12.1. The fourth-order valence-electron chi connectivity index (χ4n) is 4.80. The predicted molar refractivity (Wildman–Crippen MR) is 202 cm³/mol. The van der Waals surface area contributed by atoms with Crippen molar-refractivity contribution in [3.63, 3.8) is 0 Å². The van der Waals surface area contributed by atoms with E-state index in [1.54, 1.807) is 0 Å². The number of carbonyl (C=O) groups is 1. The Kier molecular flexibility index (Phi) is 27.9. The molecule has 0 aliphatic carbocycles. The van der Waals surface area contributed by atoms with E-state index >= 15 is 0 Å². The minimum atomic E-state index is -5.05. The summed E-state index contributed by atoms with van der Waals surface area (Å²) in [5.41, 5.74) is 0. The number of unbranched alkanes of at least 4 members (excludes halogenated alkanes) is 2. The molecule has 4 N–H and O–H groups in total. The lowest BCUT2D eigenvalue weighted by atomic mass is 9.99. The summed E-state index contributed by atoms with van der Waals surface area (Å²) in [5.74, 6) is -0.474. The van der Waals surface area contributed by atoms with Gasteiger partial charge in [0.05, 0.1) is 19.8 Å². The van der Waals surface area contributed by atoms with Gasteiger partial charge in [-0.05, 0) is 70.6 Å². The van der Waals surface area contributed by atoms with Crippen molar-refractivity contribution in [1.29, 1.82) is 0 Å². The molecule has 0 aromatic heterocycles. The first-order valence-electron chi connectivity index (χ1n) is 18.3. The second kappa shape index (κ2) is 30.7. The van der Waals surface area contributed by atoms with Crippen molar-refractivity contribution in [2.75, 3.05) is 26.4 Å². The Morgan fingerprint density at radius 2 is 1.27 bits per heavy atom. The molecule has 12 nitrogen and oxygen atoms in total. The highest BCUT2D eigenvalue weighted by Gasteiger charge is 2.48. The van der Waals surface area contributed by atoms with Gasteiger partial charge in [-0.25, -0.2) is 4.18 Å². The fourth-order valence-corrected chi connectivity index (χ4v) is 5.31. The van der Waals surface area contributed by atoms with Crippen LogP contribution in [0.5, 0.6) is 0 Å². The van der Waals surface area contributed by atoms with Crippen molar-refractivity contribution >= 4 is 16.4 Å². The highest BCUT2D eigenvalue weighted by atomic mass is 32.3. The lowest BCUT2D eigenvalue weighted by molar-refractivity contribution is -0.301. The highest BCUT2D eigenvalue weighted by molar-refractivity contribution is 7.80. The first kappa shape index (κ1) is 47.3. The van der Waals surface area contributed by atoms with Gasteiger partial charge < -0.3 is 34.3 Å². The molecule has 52 heavy (non-hydrogen) atoms. The van der Waals surface area contributed by atoms with Crippen LogP contribution in [0.25, 0.3) is 0 Å². The largest absolute Gasteiger partial charge is 0.457 e. The molecule has 1 aliphatic rings. The molecule has 0 bridgehead atoms. The monoisotopic (exact) mass is 754 g/mol. The summed E-state index contributed by atoms with van der Waals surface area (Å²) in [7, 11) is -5.05. The number of rotatable bonds is 29. The molecule has 13 heteroatoms. The summed E-state index contributed by atoms with van der Waals surface area (Å²) in [5, 5.41) is 30.2. The number of aliphatic hydroxyl groups is 3. The third-order valence-corrected chi connectivity index (χ3v) is 7.97. The molecule has 0 saturated carbocycles.